The number of ether oxygens (including phenoxy) is 1. The Balaban J connectivity index is 1.87. The molecule has 1 heterocycles. The van der Waals surface area contributed by atoms with Crippen LogP contribution in [0.3, 0.4) is 0 Å². The van der Waals surface area contributed by atoms with Gasteiger partial charge < -0.3 is 24.8 Å². The van der Waals surface area contributed by atoms with Gasteiger partial charge in [-0.25, -0.2) is 14.6 Å². The van der Waals surface area contributed by atoms with Crippen molar-refractivity contribution in [3.8, 4) is 0 Å². The lowest BCUT2D eigenvalue weighted by molar-refractivity contribution is -0.132. The number of imidazole rings is 1. The summed E-state index contributed by atoms with van der Waals surface area (Å²) in [6.07, 6.45) is 8.55. The second-order valence-corrected chi connectivity index (χ2v) is 8.22. The van der Waals surface area contributed by atoms with Gasteiger partial charge in [0.05, 0.1) is 18.1 Å². The maximum atomic E-state index is 11.6. The normalized spacial score (nSPS) is 20.6. The zero-order chi connectivity index (χ0) is 20.7. The van der Waals surface area contributed by atoms with Crippen molar-refractivity contribution in [2.24, 2.45) is 0 Å². The molecule has 156 valence electrons. The van der Waals surface area contributed by atoms with Gasteiger partial charge in [0, 0.05) is 24.4 Å². The van der Waals surface area contributed by atoms with Crippen LogP contribution in [0.25, 0.3) is 6.08 Å². The second-order valence-electron chi connectivity index (χ2n) is 8.22. The van der Waals surface area contributed by atoms with E-state index >= 15 is 0 Å². The SMILES string of the molecule is CC(C)(C)OC(=O)NCCCC(=Cc1cn([C@H]2CC[C@@H](O)CC2)cn1)C(=O)O. The second kappa shape index (κ2) is 9.73. The highest BCUT2D eigenvalue weighted by Gasteiger charge is 2.21. The third-order valence-electron chi connectivity index (χ3n) is 4.60. The molecule has 1 saturated carbocycles. The average molecular weight is 393 g/mol. The minimum atomic E-state index is -0.993. The number of nitrogens with zero attached hydrogens (tertiary/aromatic N) is 2. The van der Waals surface area contributed by atoms with Crippen molar-refractivity contribution in [3.63, 3.8) is 0 Å². The van der Waals surface area contributed by atoms with Crippen LogP contribution in [0.4, 0.5) is 4.79 Å². The summed E-state index contributed by atoms with van der Waals surface area (Å²) >= 11 is 0. The number of aliphatic hydroxyl groups excluding tert-OH is 1. The molecule has 0 aliphatic heterocycles. The highest BCUT2D eigenvalue weighted by Crippen LogP contribution is 2.28. The van der Waals surface area contributed by atoms with Crippen molar-refractivity contribution in [2.75, 3.05) is 6.54 Å². The summed E-state index contributed by atoms with van der Waals surface area (Å²) < 4.78 is 7.15. The molecule has 8 heteroatoms. The number of rotatable bonds is 7. The predicted molar refractivity (Wildman–Crippen MR) is 105 cm³/mol. The van der Waals surface area contributed by atoms with Gasteiger partial charge in [0.15, 0.2) is 0 Å². The fraction of sp³-hybridized carbons (Fsp3) is 0.650. The maximum Gasteiger partial charge on any atom is 0.407 e. The number of hydrogen-bond donors (Lipinski definition) is 3. The molecule has 1 aliphatic carbocycles. The van der Waals surface area contributed by atoms with Crippen LogP contribution in [0.15, 0.2) is 18.1 Å². The summed E-state index contributed by atoms with van der Waals surface area (Å²) in [5, 5.41) is 21.7. The molecule has 8 nitrogen and oxygen atoms in total. The Morgan fingerprint density at radius 2 is 2.00 bits per heavy atom. The highest BCUT2D eigenvalue weighted by molar-refractivity contribution is 5.91. The van der Waals surface area contributed by atoms with E-state index in [1.807, 2.05) is 10.8 Å². The molecule has 1 aliphatic rings. The van der Waals surface area contributed by atoms with Crippen molar-refractivity contribution < 1.29 is 24.5 Å². The summed E-state index contributed by atoms with van der Waals surface area (Å²) in [6.45, 7) is 5.68. The molecular weight excluding hydrogens is 362 g/mol. The Morgan fingerprint density at radius 1 is 1.32 bits per heavy atom. The van der Waals surface area contributed by atoms with Gasteiger partial charge >= 0.3 is 12.1 Å². The van der Waals surface area contributed by atoms with E-state index in [-0.39, 0.29) is 11.7 Å². The van der Waals surface area contributed by atoms with Crippen molar-refractivity contribution in [1.29, 1.82) is 0 Å². The molecule has 3 N–H and O–H groups in total. The lowest BCUT2D eigenvalue weighted by Gasteiger charge is -2.26. The number of nitrogens with one attached hydrogen (secondary N) is 1. The standard InChI is InChI=1S/C20H31N3O5/c1-20(2,3)28-19(27)21-10-4-5-14(18(25)26)11-15-12-23(13-22-15)16-6-8-17(24)9-7-16/h11-13,16-17,24H,4-10H2,1-3H3,(H,21,27)(H,25,26)/t16-,17+. The van der Waals surface area contributed by atoms with Crippen LogP contribution in [-0.4, -0.2) is 50.1 Å². The number of carbonyl (C=O) groups excluding carboxylic acids is 1. The van der Waals surface area contributed by atoms with Gasteiger partial charge in [-0.05, 0) is 65.4 Å². The van der Waals surface area contributed by atoms with Gasteiger partial charge in [-0.1, -0.05) is 0 Å². The molecule has 1 fully saturated rings. The molecule has 1 aromatic rings. The van der Waals surface area contributed by atoms with Crippen LogP contribution in [0.2, 0.25) is 0 Å². The zero-order valence-electron chi connectivity index (χ0n) is 16.9. The van der Waals surface area contributed by atoms with E-state index < -0.39 is 17.7 Å². The fourth-order valence-corrected chi connectivity index (χ4v) is 3.19. The van der Waals surface area contributed by atoms with E-state index in [1.165, 1.54) is 0 Å². The quantitative estimate of drug-likeness (QED) is 0.484. The van der Waals surface area contributed by atoms with E-state index in [4.69, 9.17) is 4.74 Å². The van der Waals surface area contributed by atoms with E-state index in [2.05, 4.69) is 10.3 Å². The minimum Gasteiger partial charge on any atom is -0.478 e. The molecule has 2 rings (SSSR count). The van der Waals surface area contributed by atoms with Crippen LogP contribution in [0.5, 0.6) is 0 Å². The molecule has 1 aromatic heterocycles. The van der Waals surface area contributed by atoms with Gasteiger partial charge in [0.25, 0.3) is 0 Å². The molecule has 0 bridgehead atoms. The number of amides is 1. The van der Waals surface area contributed by atoms with Gasteiger partial charge in [0.2, 0.25) is 0 Å². The van der Waals surface area contributed by atoms with Crippen molar-refractivity contribution in [1.82, 2.24) is 14.9 Å². The summed E-state index contributed by atoms with van der Waals surface area (Å²) in [5.74, 6) is -0.993. The predicted octanol–water partition coefficient (Wildman–Crippen LogP) is 3.13. The van der Waals surface area contributed by atoms with Gasteiger partial charge in [-0.3, -0.25) is 0 Å². The Labute approximate surface area is 165 Å². The van der Waals surface area contributed by atoms with Crippen molar-refractivity contribution in [3.05, 3.63) is 23.8 Å². The Morgan fingerprint density at radius 3 is 2.61 bits per heavy atom. The number of aliphatic carboxylic acids is 1. The smallest absolute Gasteiger partial charge is 0.407 e. The summed E-state index contributed by atoms with van der Waals surface area (Å²) in [7, 11) is 0. The summed E-state index contributed by atoms with van der Waals surface area (Å²) in [6, 6.07) is 0.296. The largest absolute Gasteiger partial charge is 0.478 e. The van der Waals surface area contributed by atoms with E-state index in [1.54, 1.807) is 33.2 Å². The van der Waals surface area contributed by atoms with Crippen LogP contribution >= 0.6 is 0 Å². The third kappa shape index (κ3) is 7.34. The number of aromatic nitrogens is 2. The summed E-state index contributed by atoms with van der Waals surface area (Å²) in [4.78, 5) is 27.4. The number of carboxylic acid groups (broad SMARTS) is 1. The van der Waals surface area contributed by atoms with Crippen LogP contribution in [0, 0.1) is 0 Å². The van der Waals surface area contributed by atoms with Crippen molar-refractivity contribution >= 4 is 18.1 Å². The number of hydrogen-bond acceptors (Lipinski definition) is 5. The minimum absolute atomic E-state index is 0.216. The molecule has 1 amide bonds. The number of carbonyl (C=O) groups is 2. The fourth-order valence-electron chi connectivity index (χ4n) is 3.19. The molecule has 0 saturated heterocycles. The highest BCUT2D eigenvalue weighted by atomic mass is 16.6. The number of aliphatic hydroxyl groups is 1. The van der Waals surface area contributed by atoms with Crippen LogP contribution in [-0.2, 0) is 9.53 Å². The van der Waals surface area contributed by atoms with Gasteiger partial charge in [-0.2, -0.15) is 0 Å². The Bertz CT molecular complexity index is 697. The van der Waals surface area contributed by atoms with Crippen LogP contribution < -0.4 is 5.32 Å². The Kier molecular flexibility index (Phi) is 7.62. The van der Waals surface area contributed by atoms with E-state index in [9.17, 15) is 19.8 Å². The molecule has 0 atom stereocenters. The van der Waals surface area contributed by atoms with Gasteiger partial charge in [-0.15, -0.1) is 0 Å². The average Bonchev–Trinajstić information content (AvgIpc) is 3.05. The molecule has 0 radical (unpaired) electrons. The lowest BCUT2D eigenvalue weighted by Crippen LogP contribution is -2.33. The molecule has 0 unspecified atom stereocenters. The van der Waals surface area contributed by atoms with E-state index in [0.717, 1.165) is 25.7 Å². The number of alkyl carbamates (subject to hydrolysis) is 1. The maximum absolute atomic E-state index is 11.6. The molecular formula is C20H31N3O5. The monoisotopic (exact) mass is 393 g/mol. The first-order valence-corrected chi connectivity index (χ1v) is 9.76. The first-order valence-electron chi connectivity index (χ1n) is 9.76. The first kappa shape index (κ1) is 21.9. The van der Waals surface area contributed by atoms with E-state index in [0.29, 0.717) is 31.1 Å². The number of carboxylic acids is 1. The molecule has 28 heavy (non-hydrogen) atoms. The first-order chi connectivity index (χ1) is 13.1. The zero-order valence-corrected chi connectivity index (χ0v) is 16.9. The van der Waals surface area contributed by atoms with Gasteiger partial charge in [0.1, 0.15) is 5.60 Å². The molecule has 0 spiro atoms. The summed E-state index contributed by atoms with van der Waals surface area (Å²) in [5.41, 5.74) is 0.282. The van der Waals surface area contributed by atoms with Crippen molar-refractivity contribution in [2.45, 2.75) is 77.0 Å². The molecule has 0 aromatic carbocycles. The third-order valence-corrected chi connectivity index (χ3v) is 4.60. The lowest BCUT2D eigenvalue weighted by atomic mass is 9.93. The Hall–Kier alpha value is -2.35. The van der Waals surface area contributed by atoms with Crippen LogP contribution in [0.1, 0.15) is 71.0 Å². The topological polar surface area (TPSA) is 114 Å².